The average molecular weight is 387 g/mol. The standard InChI is InChI=1S/C23H21N3O3/c1-15(2)14-28-19-5-3-4-17(12-19)22(27)25-18-8-6-16(7-9-18)23-26-20-13-24-11-10-21(20)29-23/h3-13,15H,14H2,1-2H3,(H,25,27). The number of anilines is 1. The number of nitrogens with zero attached hydrogens (tertiary/aromatic N) is 2. The Morgan fingerprint density at radius 1 is 1.14 bits per heavy atom. The second kappa shape index (κ2) is 8.14. The van der Waals surface area contributed by atoms with E-state index in [1.807, 2.05) is 36.4 Å². The van der Waals surface area contributed by atoms with E-state index < -0.39 is 0 Å². The first kappa shape index (κ1) is 18.7. The number of benzene rings is 2. The highest BCUT2D eigenvalue weighted by atomic mass is 16.5. The van der Waals surface area contributed by atoms with Gasteiger partial charge in [-0.1, -0.05) is 19.9 Å². The number of ether oxygens (including phenoxy) is 1. The molecule has 2 aromatic carbocycles. The molecule has 2 aromatic heterocycles. The molecule has 1 amide bonds. The van der Waals surface area contributed by atoms with E-state index in [0.29, 0.717) is 46.5 Å². The summed E-state index contributed by atoms with van der Waals surface area (Å²) in [6.07, 6.45) is 3.33. The maximum atomic E-state index is 12.6. The summed E-state index contributed by atoms with van der Waals surface area (Å²) in [5, 5.41) is 2.90. The van der Waals surface area contributed by atoms with Gasteiger partial charge >= 0.3 is 0 Å². The van der Waals surface area contributed by atoms with Crippen LogP contribution in [0.25, 0.3) is 22.6 Å². The quantitative estimate of drug-likeness (QED) is 0.493. The van der Waals surface area contributed by atoms with E-state index in [9.17, 15) is 4.79 Å². The molecule has 0 spiro atoms. The summed E-state index contributed by atoms with van der Waals surface area (Å²) >= 11 is 0. The van der Waals surface area contributed by atoms with Gasteiger partial charge in [-0.15, -0.1) is 0 Å². The van der Waals surface area contributed by atoms with Gasteiger partial charge in [0.15, 0.2) is 5.58 Å². The summed E-state index contributed by atoms with van der Waals surface area (Å²) in [6, 6.07) is 16.3. The van der Waals surface area contributed by atoms with E-state index in [1.165, 1.54) is 0 Å². The molecule has 0 aliphatic heterocycles. The van der Waals surface area contributed by atoms with Gasteiger partial charge in [0.05, 0.1) is 12.8 Å². The SMILES string of the molecule is CC(C)COc1cccc(C(=O)Nc2ccc(-c3nc4cnccc4o3)cc2)c1. The van der Waals surface area contributed by atoms with Crippen LogP contribution in [0.1, 0.15) is 24.2 Å². The van der Waals surface area contributed by atoms with E-state index in [-0.39, 0.29) is 5.91 Å². The van der Waals surface area contributed by atoms with Crippen molar-refractivity contribution in [3.8, 4) is 17.2 Å². The number of carbonyl (C=O) groups excluding carboxylic acids is 1. The number of rotatable bonds is 6. The van der Waals surface area contributed by atoms with E-state index in [4.69, 9.17) is 9.15 Å². The van der Waals surface area contributed by atoms with Crippen LogP contribution in [-0.2, 0) is 0 Å². The van der Waals surface area contributed by atoms with Crippen LogP contribution < -0.4 is 10.1 Å². The van der Waals surface area contributed by atoms with Crippen molar-refractivity contribution >= 4 is 22.7 Å². The molecule has 4 aromatic rings. The zero-order chi connectivity index (χ0) is 20.2. The topological polar surface area (TPSA) is 77.2 Å². The number of oxazole rings is 1. The van der Waals surface area contributed by atoms with Crippen LogP contribution in [0.15, 0.2) is 71.4 Å². The largest absolute Gasteiger partial charge is 0.493 e. The lowest BCUT2D eigenvalue weighted by atomic mass is 10.1. The minimum atomic E-state index is -0.194. The minimum absolute atomic E-state index is 0.194. The van der Waals surface area contributed by atoms with Gasteiger partial charge in [0.25, 0.3) is 5.91 Å². The maximum absolute atomic E-state index is 12.6. The second-order valence-electron chi connectivity index (χ2n) is 7.13. The van der Waals surface area contributed by atoms with E-state index in [2.05, 4.69) is 29.1 Å². The number of amides is 1. The van der Waals surface area contributed by atoms with Crippen molar-refractivity contribution < 1.29 is 13.9 Å². The number of fused-ring (bicyclic) bond motifs is 1. The van der Waals surface area contributed by atoms with Crippen molar-refractivity contribution in [3.05, 3.63) is 72.6 Å². The molecule has 1 N–H and O–H groups in total. The Kier molecular flexibility index (Phi) is 5.24. The monoisotopic (exact) mass is 387 g/mol. The number of hydrogen-bond acceptors (Lipinski definition) is 5. The molecule has 0 saturated heterocycles. The number of carbonyl (C=O) groups is 1. The predicted octanol–water partition coefficient (Wildman–Crippen LogP) is 5.18. The van der Waals surface area contributed by atoms with Gasteiger partial charge in [-0.05, 0) is 48.4 Å². The summed E-state index contributed by atoms with van der Waals surface area (Å²) < 4.78 is 11.4. The number of aromatic nitrogens is 2. The van der Waals surface area contributed by atoms with Crippen molar-refractivity contribution in [2.24, 2.45) is 5.92 Å². The third kappa shape index (κ3) is 4.43. The van der Waals surface area contributed by atoms with Crippen LogP contribution in [-0.4, -0.2) is 22.5 Å². The molecular weight excluding hydrogens is 366 g/mol. The third-order valence-corrected chi connectivity index (χ3v) is 4.26. The average Bonchev–Trinajstić information content (AvgIpc) is 3.17. The summed E-state index contributed by atoms with van der Waals surface area (Å²) in [6.45, 7) is 4.77. The molecule has 6 heteroatoms. The highest BCUT2D eigenvalue weighted by molar-refractivity contribution is 6.04. The Hall–Kier alpha value is -3.67. The fourth-order valence-corrected chi connectivity index (χ4v) is 2.79. The molecule has 146 valence electrons. The first-order chi connectivity index (χ1) is 14.1. The minimum Gasteiger partial charge on any atom is -0.493 e. The van der Waals surface area contributed by atoms with Crippen molar-refractivity contribution in [3.63, 3.8) is 0 Å². The molecule has 0 saturated carbocycles. The maximum Gasteiger partial charge on any atom is 0.255 e. The van der Waals surface area contributed by atoms with Gasteiger partial charge in [0.2, 0.25) is 5.89 Å². The Labute approximate surface area is 168 Å². The first-order valence-electron chi connectivity index (χ1n) is 9.44. The third-order valence-electron chi connectivity index (χ3n) is 4.26. The molecule has 0 unspecified atom stereocenters. The van der Waals surface area contributed by atoms with Crippen molar-refractivity contribution in [2.75, 3.05) is 11.9 Å². The number of hydrogen-bond donors (Lipinski definition) is 1. The van der Waals surface area contributed by atoms with Gasteiger partial charge in [-0.3, -0.25) is 9.78 Å². The van der Waals surface area contributed by atoms with Gasteiger partial charge in [-0.25, -0.2) is 4.98 Å². The van der Waals surface area contributed by atoms with Crippen LogP contribution in [0.3, 0.4) is 0 Å². The van der Waals surface area contributed by atoms with Gasteiger partial charge in [-0.2, -0.15) is 0 Å². The Morgan fingerprint density at radius 2 is 1.97 bits per heavy atom. The molecule has 4 rings (SSSR count). The van der Waals surface area contributed by atoms with Crippen LogP contribution >= 0.6 is 0 Å². The van der Waals surface area contributed by atoms with E-state index in [0.717, 1.165) is 5.56 Å². The van der Waals surface area contributed by atoms with E-state index >= 15 is 0 Å². The molecule has 0 aliphatic carbocycles. The van der Waals surface area contributed by atoms with Gasteiger partial charge < -0.3 is 14.5 Å². The lowest BCUT2D eigenvalue weighted by Gasteiger charge is -2.10. The Balaban J connectivity index is 1.46. The second-order valence-corrected chi connectivity index (χ2v) is 7.13. The lowest BCUT2D eigenvalue weighted by molar-refractivity contribution is 0.102. The summed E-state index contributed by atoms with van der Waals surface area (Å²) in [5.41, 5.74) is 3.45. The smallest absolute Gasteiger partial charge is 0.255 e. The molecule has 0 atom stereocenters. The zero-order valence-electron chi connectivity index (χ0n) is 16.3. The predicted molar refractivity (Wildman–Crippen MR) is 112 cm³/mol. The van der Waals surface area contributed by atoms with Crippen LogP contribution in [0.5, 0.6) is 5.75 Å². The highest BCUT2D eigenvalue weighted by Gasteiger charge is 2.10. The molecule has 29 heavy (non-hydrogen) atoms. The fourth-order valence-electron chi connectivity index (χ4n) is 2.79. The van der Waals surface area contributed by atoms with Gasteiger partial charge in [0.1, 0.15) is 11.3 Å². The van der Waals surface area contributed by atoms with E-state index in [1.54, 1.807) is 30.6 Å². The highest BCUT2D eigenvalue weighted by Crippen LogP contribution is 2.25. The summed E-state index contributed by atoms with van der Waals surface area (Å²) in [4.78, 5) is 21.0. The number of nitrogens with one attached hydrogen (secondary N) is 1. The summed E-state index contributed by atoms with van der Waals surface area (Å²) in [5.74, 6) is 1.43. The first-order valence-corrected chi connectivity index (χ1v) is 9.44. The van der Waals surface area contributed by atoms with Gasteiger partial charge in [0, 0.05) is 29.1 Å². The molecule has 2 heterocycles. The van der Waals surface area contributed by atoms with Crippen LogP contribution in [0.4, 0.5) is 5.69 Å². The number of pyridine rings is 1. The Morgan fingerprint density at radius 3 is 2.72 bits per heavy atom. The zero-order valence-corrected chi connectivity index (χ0v) is 16.3. The Bertz CT molecular complexity index is 1100. The molecule has 0 aliphatic rings. The molecule has 0 fully saturated rings. The molecular formula is C23H21N3O3. The summed E-state index contributed by atoms with van der Waals surface area (Å²) in [7, 11) is 0. The fraction of sp³-hybridized carbons (Fsp3) is 0.174. The van der Waals surface area contributed by atoms with Crippen LogP contribution in [0.2, 0.25) is 0 Å². The van der Waals surface area contributed by atoms with Crippen LogP contribution in [0, 0.1) is 5.92 Å². The lowest BCUT2D eigenvalue weighted by Crippen LogP contribution is -2.12. The normalized spacial score (nSPS) is 11.0. The molecule has 0 bridgehead atoms. The van der Waals surface area contributed by atoms with Crippen molar-refractivity contribution in [1.82, 2.24) is 9.97 Å². The molecule has 0 radical (unpaired) electrons. The van der Waals surface area contributed by atoms with Crippen molar-refractivity contribution in [1.29, 1.82) is 0 Å². The molecule has 6 nitrogen and oxygen atoms in total. The van der Waals surface area contributed by atoms with Crippen molar-refractivity contribution in [2.45, 2.75) is 13.8 Å².